The van der Waals surface area contributed by atoms with Crippen LogP contribution in [0.2, 0.25) is 0 Å². The van der Waals surface area contributed by atoms with E-state index in [1.165, 1.54) is 32.1 Å². The number of hydrogen-bond acceptors (Lipinski definition) is 2. The lowest BCUT2D eigenvalue weighted by Crippen LogP contribution is -2.34. The lowest BCUT2D eigenvalue weighted by molar-refractivity contribution is 0.0183. The van der Waals surface area contributed by atoms with Gasteiger partial charge in [-0.15, -0.1) is 0 Å². The standard InChI is InChI=1S/C14H29NO/c1-4-14(10-15-12(2)3)16-11-13-8-6-5-7-9-13/h12-15H,4-11H2,1-3H3. The summed E-state index contributed by atoms with van der Waals surface area (Å²) < 4.78 is 6.02. The Morgan fingerprint density at radius 2 is 1.88 bits per heavy atom. The first-order valence-corrected chi connectivity index (χ1v) is 7.07. The third-order valence-electron chi connectivity index (χ3n) is 3.50. The summed E-state index contributed by atoms with van der Waals surface area (Å²) in [5.41, 5.74) is 0. The fraction of sp³-hybridized carbons (Fsp3) is 1.00. The van der Waals surface area contributed by atoms with Crippen LogP contribution in [0.15, 0.2) is 0 Å². The second-order valence-corrected chi connectivity index (χ2v) is 5.43. The van der Waals surface area contributed by atoms with Gasteiger partial charge in [0.25, 0.3) is 0 Å². The van der Waals surface area contributed by atoms with Gasteiger partial charge in [0.15, 0.2) is 0 Å². The molecule has 96 valence electrons. The van der Waals surface area contributed by atoms with Gasteiger partial charge < -0.3 is 10.1 Å². The van der Waals surface area contributed by atoms with Gasteiger partial charge in [0, 0.05) is 19.2 Å². The van der Waals surface area contributed by atoms with Crippen molar-refractivity contribution in [3.63, 3.8) is 0 Å². The molecule has 2 nitrogen and oxygen atoms in total. The first-order valence-electron chi connectivity index (χ1n) is 7.07. The molecule has 1 aliphatic carbocycles. The van der Waals surface area contributed by atoms with Gasteiger partial charge >= 0.3 is 0 Å². The zero-order valence-electron chi connectivity index (χ0n) is 11.3. The average Bonchev–Trinajstić information content (AvgIpc) is 2.30. The molecule has 1 saturated carbocycles. The Morgan fingerprint density at radius 3 is 2.44 bits per heavy atom. The third-order valence-corrected chi connectivity index (χ3v) is 3.50. The number of rotatable bonds is 7. The van der Waals surface area contributed by atoms with Crippen LogP contribution >= 0.6 is 0 Å². The van der Waals surface area contributed by atoms with Crippen LogP contribution in [0.5, 0.6) is 0 Å². The summed E-state index contributed by atoms with van der Waals surface area (Å²) in [7, 11) is 0. The summed E-state index contributed by atoms with van der Waals surface area (Å²) in [5.74, 6) is 0.835. The molecule has 1 fully saturated rings. The molecule has 16 heavy (non-hydrogen) atoms. The van der Waals surface area contributed by atoms with Gasteiger partial charge in [-0.25, -0.2) is 0 Å². The van der Waals surface area contributed by atoms with Crippen LogP contribution in [0.4, 0.5) is 0 Å². The van der Waals surface area contributed by atoms with E-state index in [0.29, 0.717) is 12.1 Å². The Morgan fingerprint density at radius 1 is 1.19 bits per heavy atom. The summed E-state index contributed by atoms with van der Waals surface area (Å²) >= 11 is 0. The normalized spacial score (nSPS) is 20.2. The van der Waals surface area contributed by atoms with E-state index in [2.05, 4.69) is 26.1 Å². The van der Waals surface area contributed by atoms with E-state index in [0.717, 1.165) is 25.5 Å². The molecule has 0 spiro atoms. The van der Waals surface area contributed by atoms with Gasteiger partial charge in [-0.2, -0.15) is 0 Å². The molecule has 0 aromatic carbocycles. The Hall–Kier alpha value is -0.0800. The van der Waals surface area contributed by atoms with E-state index in [1.54, 1.807) is 0 Å². The topological polar surface area (TPSA) is 21.3 Å². The molecule has 1 atom stereocenters. The van der Waals surface area contributed by atoms with E-state index in [1.807, 2.05) is 0 Å². The van der Waals surface area contributed by atoms with Gasteiger partial charge in [-0.1, -0.05) is 40.0 Å². The predicted molar refractivity (Wildman–Crippen MR) is 69.7 cm³/mol. The van der Waals surface area contributed by atoms with Crippen LogP contribution in [0.1, 0.15) is 59.3 Å². The van der Waals surface area contributed by atoms with Crippen molar-refractivity contribution in [2.45, 2.75) is 71.4 Å². The van der Waals surface area contributed by atoms with Gasteiger partial charge in [-0.05, 0) is 25.2 Å². The molecule has 1 unspecified atom stereocenters. The summed E-state index contributed by atoms with van der Waals surface area (Å²) in [4.78, 5) is 0. The van der Waals surface area contributed by atoms with Crippen LogP contribution in [-0.2, 0) is 4.74 Å². The quantitative estimate of drug-likeness (QED) is 0.720. The van der Waals surface area contributed by atoms with Crippen molar-refractivity contribution in [2.75, 3.05) is 13.2 Å². The molecule has 1 aliphatic rings. The van der Waals surface area contributed by atoms with Crippen molar-refractivity contribution in [3.8, 4) is 0 Å². The molecule has 0 amide bonds. The van der Waals surface area contributed by atoms with Crippen molar-refractivity contribution >= 4 is 0 Å². The first kappa shape index (κ1) is 14.0. The Labute approximate surface area is 101 Å². The maximum absolute atomic E-state index is 6.02. The molecule has 0 aromatic rings. The van der Waals surface area contributed by atoms with Gasteiger partial charge in [0.1, 0.15) is 0 Å². The monoisotopic (exact) mass is 227 g/mol. The van der Waals surface area contributed by atoms with Crippen LogP contribution in [0, 0.1) is 5.92 Å². The van der Waals surface area contributed by atoms with Crippen LogP contribution in [0.3, 0.4) is 0 Å². The largest absolute Gasteiger partial charge is 0.377 e. The molecule has 1 N–H and O–H groups in total. The lowest BCUT2D eigenvalue weighted by Gasteiger charge is -2.25. The SMILES string of the molecule is CCC(CNC(C)C)OCC1CCCCC1. The van der Waals surface area contributed by atoms with Crippen LogP contribution in [-0.4, -0.2) is 25.3 Å². The van der Waals surface area contributed by atoms with Gasteiger partial charge in [0.05, 0.1) is 6.10 Å². The summed E-state index contributed by atoms with van der Waals surface area (Å²) in [6, 6.07) is 0.562. The lowest BCUT2D eigenvalue weighted by atomic mass is 9.90. The zero-order chi connectivity index (χ0) is 11.8. The highest BCUT2D eigenvalue weighted by Crippen LogP contribution is 2.24. The number of ether oxygens (including phenoxy) is 1. The molecule has 1 rings (SSSR count). The maximum Gasteiger partial charge on any atom is 0.0697 e. The van der Waals surface area contributed by atoms with E-state index in [4.69, 9.17) is 4.74 Å². The van der Waals surface area contributed by atoms with E-state index in [9.17, 15) is 0 Å². The summed E-state index contributed by atoms with van der Waals surface area (Å²) in [6.07, 6.45) is 8.55. The highest BCUT2D eigenvalue weighted by atomic mass is 16.5. The molecule has 2 heteroatoms. The average molecular weight is 227 g/mol. The van der Waals surface area contributed by atoms with Crippen molar-refractivity contribution in [3.05, 3.63) is 0 Å². The molecule has 0 aromatic heterocycles. The summed E-state index contributed by atoms with van der Waals surface area (Å²) in [5, 5.41) is 3.46. The highest BCUT2D eigenvalue weighted by molar-refractivity contribution is 4.67. The maximum atomic E-state index is 6.02. The minimum atomic E-state index is 0.407. The zero-order valence-corrected chi connectivity index (χ0v) is 11.3. The van der Waals surface area contributed by atoms with Gasteiger partial charge in [-0.3, -0.25) is 0 Å². The second-order valence-electron chi connectivity index (χ2n) is 5.43. The van der Waals surface area contributed by atoms with E-state index in [-0.39, 0.29) is 0 Å². The number of nitrogens with one attached hydrogen (secondary N) is 1. The highest BCUT2D eigenvalue weighted by Gasteiger charge is 2.15. The molecule has 0 bridgehead atoms. The van der Waals surface area contributed by atoms with Crippen LogP contribution in [0.25, 0.3) is 0 Å². The number of hydrogen-bond donors (Lipinski definition) is 1. The van der Waals surface area contributed by atoms with E-state index < -0.39 is 0 Å². The van der Waals surface area contributed by atoms with Crippen molar-refractivity contribution < 1.29 is 4.74 Å². The molecule has 0 radical (unpaired) electrons. The second kappa shape index (κ2) is 8.08. The smallest absolute Gasteiger partial charge is 0.0697 e. The van der Waals surface area contributed by atoms with Gasteiger partial charge in [0.2, 0.25) is 0 Å². The Bertz CT molecular complexity index is 164. The fourth-order valence-electron chi connectivity index (χ4n) is 2.31. The minimum Gasteiger partial charge on any atom is -0.377 e. The van der Waals surface area contributed by atoms with Crippen molar-refractivity contribution in [1.82, 2.24) is 5.32 Å². The van der Waals surface area contributed by atoms with Crippen LogP contribution < -0.4 is 5.32 Å². The molecule has 0 saturated heterocycles. The summed E-state index contributed by atoms with van der Waals surface area (Å²) in [6.45, 7) is 8.58. The molecular weight excluding hydrogens is 198 g/mol. The first-order chi connectivity index (χ1) is 7.72. The fourth-order valence-corrected chi connectivity index (χ4v) is 2.31. The Kier molecular flexibility index (Phi) is 7.06. The molecular formula is C14H29NO. The molecule has 0 heterocycles. The van der Waals surface area contributed by atoms with Crippen molar-refractivity contribution in [1.29, 1.82) is 0 Å². The van der Waals surface area contributed by atoms with E-state index >= 15 is 0 Å². The predicted octanol–water partition coefficient (Wildman–Crippen LogP) is 3.36. The third kappa shape index (κ3) is 5.86. The van der Waals surface area contributed by atoms with Crippen molar-refractivity contribution in [2.24, 2.45) is 5.92 Å². The Balaban J connectivity index is 2.11. The molecule has 0 aliphatic heterocycles. The minimum absolute atomic E-state index is 0.407.